The molecule has 0 spiro atoms. The van der Waals surface area contributed by atoms with Gasteiger partial charge in [0.05, 0.1) is 10.9 Å². The van der Waals surface area contributed by atoms with E-state index in [-0.39, 0.29) is 0 Å². The average molecular weight is 295 g/mol. The lowest BCUT2D eigenvalue weighted by molar-refractivity contribution is -0.659. The lowest BCUT2D eigenvalue weighted by atomic mass is 9.91. The van der Waals surface area contributed by atoms with Gasteiger partial charge < -0.3 is 0 Å². The Hall–Kier alpha value is -2.15. The molecule has 0 aliphatic rings. The molecule has 0 N–H and O–H groups in total. The van der Waals surface area contributed by atoms with Crippen LogP contribution in [-0.2, 0) is 7.05 Å². The van der Waals surface area contributed by atoms with Crippen LogP contribution in [0, 0.1) is 13.8 Å². The number of benzene rings is 2. The third-order valence-corrected chi connectivity index (χ3v) is 4.32. The van der Waals surface area contributed by atoms with Crippen molar-refractivity contribution in [2.75, 3.05) is 0 Å². The second-order valence-corrected chi connectivity index (χ2v) is 5.86. The van der Waals surface area contributed by atoms with Crippen molar-refractivity contribution in [3.8, 4) is 11.3 Å². The van der Waals surface area contributed by atoms with E-state index in [1.807, 2.05) is 61.9 Å². The van der Waals surface area contributed by atoms with Gasteiger partial charge in [-0.15, -0.1) is 0 Å². The molecule has 112 valence electrons. The van der Waals surface area contributed by atoms with E-state index in [0.29, 0.717) is 11.7 Å². The number of hydrogen-bond donors (Lipinski definition) is 0. The Bertz CT molecular complexity index is 1030. The van der Waals surface area contributed by atoms with Crippen LogP contribution in [-0.4, -0.2) is 0 Å². The maximum Gasteiger partial charge on any atom is 0.220 e. The minimum absolute atomic E-state index is 0.371. The van der Waals surface area contributed by atoms with Gasteiger partial charge in [0.15, 0.2) is 6.17 Å². The van der Waals surface area contributed by atoms with Gasteiger partial charge in [0.1, 0.15) is 8.42 Å². The molecule has 1 heteroatoms. The van der Waals surface area contributed by atoms with Gasteiger partial charge in [-0.2, -0.15) is 0 Å². The number of aryl methyl sites for hydroxylation is 1. The summed E-state index contributed by atoms with van der Waals surface area (Å²) in [7, 11) is 1.84. The van der Waals surface area contributed by atoms with Crippen LogP contribution >= 0.6 is 0 Å². The molecule has 0 saturated heterocycles. The first kappa shape index (κ1) is 9.78. The van der Waals surface area contributed by atoms with Crippen molar-refractivity contribution in [1.82, 2.24) is 0 Å². The molecule has 0 bridgehead atoms. The van der Waals surface area contributed by atoms with E-state index in [1.54, 1.807) is 6.07 Å². The smallest absolute Gasteiger partial charge is 0.200 e. The summed E-state index contributed by atoms with van der Waals surface area (Å²) in [5.74, 6) is -1.72. The van der Waals surface area contributed by atoms with Crippen molar-refractivity contribution in [3.05, 3.63) is 65.3 Å². The van der Waals surface area contributed by atoms with E-state index in [0.717, 1.165) is 33.2 Å². The summed E-state index contributed by atoms with van der Waals surface area (Å²) in [4.78, 5) is 0. The summed E-state index contributed by atoms with van der Waals surface area (Å²) in [5.41, 5.74) is 4.14. The van der Waals surface area contributed by atoms with Gasteiger partial charge in [-0.25, -0.2) is 4.57 Å². The Morgan fingerprint density at radius 2 is 1.95 bits per heavy atom. The zero-order valence-electron chi connectivity index (χ0n) is 18.5. The summed E-state index contributed by atoms with van der Waals surface area (Å²) >= 11 is 0. The Kier molecular flexibility index (Phi) is 2.48. The van der Waals surface area contributed by atoms with Crippen LogP contribution in [0.2, 0.25) is 0 Å². The first-order chi connectivity index (χ1) is 12.4. The van der Waals surface area contributed by atoms with Crippen molar-refractivity contribution in [3.63, 3.8) is 0 Å². The molecule has 0 amide bonds. The largest absolute Gasteiger partial charge is 0.220 e. The molecule has 1 heterocycles. The Morgan fingerprint density at radius 1 is 1.18 bits per heavy atom. The highest BCUT2D eigenvalue weighted by atomic mass is 14.9. The second kappa shape index (κ2) is 5.57. The van der Waals surface area contributed by atoms with Crippen molar-refractivity contribution < 1.29 is 11.4 Å². The first-order valence-electron chi connectivity index (χ1n) is 9.95. The van der Waals surface area contributed by atoms with Crippen molar-refractivity contribution in [2.45, 2.75) is 33.5 Å². The van der Waals surface area contributed by atoms with Crippen LogP contribution in [0.4, 0.5) is 0 Å². The molecular formula is C21H24N+. The number of fused-ring (bicyclic) bond motifs is 1. The Morgan fingerprint density at radius 3 is 2.73 bits per heavy atom. The fourth-order valence-corrected chi connectivity index (χ4v) is 2.90. The molecule has 1 aromatic heterocycles. The number of aromatic nitrogens is 1. The van der Waals surface area contributed by atoms with Crippen LogP contribution in [0.5, 0.6) is 0 Å². The van der Waals surface area contributed by atoms with Gasteiger partial charge in [-0.05, 0) is 54.0 Å². The highest BCUT2D eigenvalue weighted by Gasteiger charge is 2.19. The molecule has 1 unspecified atom stereocenters. The number of rotatable bonds is 2. The summed E-state index contributed by atoms with van der Waals surface area (Å²) in [6.07, 6.45) is 0.371. The predicted octanol–water partition coefficient (Wildman–Crippen LogP) is 5.07. The van der Waals surface area contributed by atoms with E-state index >= 15 is 0 Å². The number of pyridine rings is 1. The highest BCUT2D eigenvalue weighted by Crippen LogP contribution is 2.32. The third kappa shape index (κ3) is 2.41. The normalized spacial score (nSPS) is 17.9. The topological polar surface area (TPSA) is 3.88 Å². The predicted molar refractivity (Wildman–Crippen MR) is 94.1 cm³/mol. The van der Waals surface area contributed by atoms with Crippen LogP contribution in [0.25, 0.3) is 22.0 Å². The molecule has 3 aromatic rings. The van der Waals surface area contributed by atoms with E-state index in [2.05, 4.69) is 0 Å². The molecule has 0 aliphatic carbocycles. The molecule has 0 radical (unpaired) electrons. The van der Waals surface area contributed by atoms with Gasteiger partial charge in [0.25, 0.3) is 0 Å². The van der Waals surface area contributed by atoms with Crippen LogP contribution in [0.1, 0.15) is 43.2 Å². The Labute approximate surface area is 140 Å². The van der Waals surface area contributed by atoms with Gasteiger partial charge in [-0.3, -0.25) is 0 Å². The molecule has 0 saturated carbocycles. The minimum Gasteiger partial charge on any atom is -0.200 e. The highest BCUT2D eigenvalue weighted by molar-refractivity contribution is 5.93. The molecule has 3 rings (SSSR count). The fraction of sp³-hybridized carbons (Fsp3) is 0.286. The first-order valence-corrected chi connectivity index (χ1v) is 7.45. The van der Waals surface area contributed by atoms with Gasteiger partial charge in [-0.1, -0.05) is 38.0 Å². The molecule has 22 heavy (non-hydrogen) atoms. The van der Waals surface area contributed by atoms with Gasteiger partial charge in [0, 0.05) is 11.5 Å². The fourth-order valence-electron chi connectivity index (χ4n) is 2.90. The molecule has 0 fully saturated rings. The molecular weight excluding hydrogens is 266 g/mol. The SMILES string of the molecule is [2H]c1cc2ccccc2c(-c2cc(C([2H])(C)C([2H])([2H])[2H])cc(C)c2C)[n+]1C. The minimum atomic E-state index is -2.44. The Balaban J connectivity index is 2.40. The summed E-state index contributed by atoms with van der Waals surface area (Å²) in [5, 5.41) is 1.96. The second-order valence-electron chi connectivity index (χ2n) is 5.86. The quantitative estimate of drug-likeness (QED) is 0.581. The zero-order chi connectivity index (χ0) is 20.1. The molecule has 0 aliphatic heterocycles. The lowest BCUT2D eigenvalue weighted by Crippen LogP contribution is -2.30. The summed E-state index contributed by atoms with van der Waals surface area (Å²) in [6, 6.07) is 13.3. The average Bonchev–Trinajstić information content (AvgIpc) is 2.58. The van der Waals surface area contributed by atoms with Crippen LogP contribution in [0.15, 0.2) is 48.6 Å². The summed E-state index contributed by atoms with van der Waals surface area (Å²) in [6.45, 7) is 2.93. The van der Waals surface area contributed by atoms with E-state index in [9.17, 15) is 0 Å². The van der Waals surface area contributed by atoms with E-state index < -0.39 is 12.7 Å². The monoisotopic (exact) mass is 295 g/mol. The lowest BCUT2D eigenvalue weighted by Gasteiger charge is -2.14. The van der Waals surface area contributed by atoms with E-state index in [1.165, 1.54) is 6.92 Å². The molecule has 2 aromatic carbocycles. The standard InChI is InChI=1S/C21H24N/c1-14(2)18-12-15(3)16(4)20(13-18)21-19-9-7-6-8-17(19)10-11-22(21)5/h6-14H,1-5H3/q+1/i1D3,11D,14D. The third-order valence-electron chi connectivity index (χ3n) is 4.32. The van der Waals surface area contributed by atoms with Gasteiger partial charge in [0.2, 0.25) is 5.69 Å². The van der Waals surface area contributed by atoms with Crippen molar-refractivity contribution in [2.24, 2.45) is 7.05 Å². The van der Waals surface area contributed by atoms with Crippen LogP contribution < -0.4 is 4.57 Å². The van der Waals surface area contributed by atoms with Crippen molar-refractivity contribution >= 4 is 10.8 Å². The molecule has 1 nitrogen and oxygen atoms in total. The summed E-state index contributed by atoms with van der Waals surface area (Å²) < 4.78 is 42.0. The molecule has 1 atom stereocenters. The van der Waals surface area contributed by atoms with E-state index in [4.69, 9.17) is 6.85 Å². The van der Waals surface area contributed by atoms with Crippen LogP contribution in [0.3, 0.4) is 0 Å². The zero-order valence-corrected chi connectivity index (χ0v) is 13.5. The maximum atomic E-state index is 8.50. The number of nitrogens with zero attached hydrogens (tertiary/aromatic N) is 1. The van der Waals surface area contributed by atoms with Crippen molar-refractivity contribution in [1.29, 1.82) is 0 Å². The van der Waals surface area contributed by atoms with Gasteiger partial charge >= 0.3 is 0 Å². The maximum absolute atomic E-state index is 8.50. The number of hydrogen-bond acceptors (Lipinski definition) is 0.